The molecule has 90 valence electrons. The maximum atomic E-state index is 11.7. The van der Waals surface area contributed by atoms with Gasteiger partial charge in [0.1, 0.15) is 0 Å². The zero-order valence-electron chi connectivity index (χ0n) is 9.51. The van der Waals surface area contributed by atoms with Crippen LogP contribution in [0.5, 0.6) is 0 Å². The number of aryl methyl sites for hydroxylation is 1. The summed E-state index contributed by atoms with van der Waals surface area (Å²) in [5, 5.41) is 3.57. The van der Waals surface area contributed by atoms with Crippen molar-refractivity contribution in [1.29, 1.82) is 0 Å². The predicted octanol–water partition coefficient (Wildman–Crippen LogP) is 2.05. The third-order valence-electron chi connectivity index (χ3n) is 2.58. The number of aromatic amines is 1. The number of fused-ring (bicyclic) bond motifs is 1. The zero-order valence-corrected chi connectivity index (χ0v) is 10.3. The van der Waals surface area contributed by atoms with Crippen molar-refractivity contribution in [2.45, 2.75) is 6.92 Å². The normalized spacial score (nSPS) is 11.0. The van der Waals surface area contributed by atoms with E-state index in [9.17, 15) is 4.79 Å². The van der Waals surface area contributed by atoms with Crippen LogP contribution < -0.4 is 5.56 Å². The number of H-pyrrole nitrogens is 1. The number of rotatable bonds is 1. The molecule has 0 saturated carbocycles. The zero-order chi connectivity index (χ0) is 12.7. The van der Waals surface area contributed by atoms with Gasteiger partial charge in [-0.1, -0.05) is 11.6 Å². The Kier molecular flexibility index (Phi) is 2.41. The van der Waals surface area contributed by atoms with Gasteiger partial charge < -0.3 is 0 Å². The monoisotopic (exact) mass is 260 g/mol. The van der Waals surface area contributed by atoms with Crippen LogP contribution in [0.2, 0.25) is 5.02 Å². The summed E-state index contributed by atoms with van der Waals surface area (Å²) in [7, 11) is 0. The molecule has 0 fully saturated rings. The standard InChI is InChI=1S/C12H9ClN4O/c1-7-6-10(18)17-12(14-7)15-11(16-17)8-2-4-9(13)5-3-8/h2-6H,1H3,(H,14,15,16). The van der Waals surface area contributed by atoms with Crippen LogP contribution in [0.15, 0.2) is 35.1 Å². The molecule has 6 heteroatoms. The quantitative estimate of drug-likeness (QED) is 0.728. The Bertz CT molecular complexity index is 773. The van der Waals surface area contributed by atoms with Crippen molar-refractivity contribution in [3.05, 3.63) is 51.4 Å². The minimum Gasteiger partial charge on any atom is -0.271 e. The van der Waals surface area contributed by atoms with E-state index in [1.807, 2.05) is 12.1 Å². The fourth-order valence-electron chi connectivity index (χ4n) is 1.73. The summed E-state index contributed by atoms with van der Waals surface area (Å²) in [5.41, 5.74) is 1.32. The maximum absolute atomic E-state index is 11.7. The third-order valence-corrected chi connectivity index (χ3v) is 2.83. The van der Waals surface area contributed by atoms with Crippen molar-refractivity contribution in [2.24, 2.45) is 0 Å². The van der Waals surface area contributed by atoms with E-state index < -0.39 is 0 Å². The van der Waals surface area contributed by atoms with Gasteiger partial charge in [-0.05, 0) is 31.2 Å². The van der Waals surface area contributed by atoms with Gasteiger partial charge in [0, 0.05) is 22.3 Å². The molecule has 0 radical (unpaired) electrons. The van der Waals surface area contributed by atoms with Crippen LogP contribution in [0.3, 0.4) is 0 Å². The van der Waals surface area contributed by atoms with E-state index in [-0.39, 0.29) is 5.56 Å². The van der Waals surface area contributed by atoms with E-state index in [4.69, 9.17) is 11.6 Å². The van der Waals surface area contributed by atoms with Gasteiger partial charge in [0.25, 0.3) is 11.3 Å². The van der Waals surface area contributed by atoms with E-state index in [0.717, 1.165) is 5.56 Å². The summed E-state index contributed by atoms with van der Waals surface area (Å²) in [5.74, 6) is 0.951. The lowest BCUT2D eigenvalue weighted by Crippen LogP contribution is -2.14. The van der Waals surface area contributed by atoms with Crippen molar-refractivity contribution in [1.82, 2.24) is 19.6 Å². The fourth-order valence-corrected chi connectivity index (χ4v) is 1.86. The highest BCUT2D eigenvalue weighted by Gasteiger charge is 2.07. The summed E-state index contributed by atoms with van der Waals surface area (Å²) in [6.45, 7) is 1.76. The molecule has 2 aromatic heterocycles. The molecule has 18 heavy (non-hydrogen) atoms. The molecule has 0 spiro atoms. The number of hydrogen-bond donors (Lipinski definition) is 1. The van der Waals surface area contributed by atoms with Gasteiger partial charge in [0.05, 0.1) is 0 Å². The van der Waals surface area contributed by atoms with Crippen molar-refractivity contribution in [3.63, 3.8) is 0 Å². The van der Waals surface area contributed by atoms with Crippen molar-refractivity contribution >= 4 is 17.4 Å². The lowest BCUT2D eigenvalue weighted by Gasteiger charge is -1.95. The SMILES string of the molecule is Cc1cc(=O)n2[nH]c(-c3ccc(Cl)cc3)nc2n1. The van der Waals surface area contributed by atoms with Gasteiger partial charge in [-0.25, -0.2) is 4.98 Å². The van der Waals surface area contributed by atoms with Crippen molar-refractivity contribution in [2.75, 3.05) is 0 Å². The molecule has 0 bridgehead atoms. The Balaban J connectivity index is 2.22. The minimum atomic E-state index is -0.176. The topological polar surface area (TPSA) is 63.0 Å². The first-order chi connectivity index (χ1) is 8.63. The van der Waals surface area contributed by atoms with Crippen LogP contribution in [-0.2, 0) is 0 Å². The first-order valence-electron chi connectivity index (χ1n) is 5.36. The Morgan fingerprint density at radius 2 is 1.94 bits per heavy atom. The van der Waals surface area contributed by atoms with E-state index in [1.54, 1.807) is 19.1 Å². The second-order valence-corrected chi connectivity index (χ2v) is 4.39. The second kappa shape index (κ2) is 3.96. The molecule has 0 unspecified atom stereocenters. The van der Waals surface area contributed by atoms with E-state index in [0.29, 0.717) is 22.3 Å². The highest BCUT2D eigenvalue weighted by molar-refractivity contribution is 6.30. The largest absolute Gasteiger partial charge is 0.274 e. The smallest absolute Gasteiger partial charge is 0.271 e. The molecule has 0 amide bonds. The number of aromatic nitrogens is 4. The third kappa shape index (κ3) is 1.78. The van der Waals surface area contributed by atoms with Crippen LogP contribution in [0.4, 0.5) is 0 Å². The summed E-state index contributed by atoms with van der Waals surface area (Å²) >= 11 is 5.83. The Hall–Kier alpha value is -2.14. The molecule has 0 aliphatic heterocycles. The summed E-state index contributed by atoms with van der Waals surface area (Å²) < 4.78 is 1.32. The van der Waals surface area contributed by atoms with E-state index in [2.05, 4.69) is 15.1 Å². The number of halogens is 1. The van der Waals surface area contributed by atoms with Crippen LogP contribution in [-0.4, -0.2) is 19.6 Å². The molecule has 0 aliphatic carbocycles. The maximum Gasteiger partial charge on any atom is 0.274 e. The van der Waals surface area contributed by atoms with Gasteiger partial charge in [-0.3, -0.25) is 9.89 Å². The Morgan fingerprint density at radius 3 is 2.67 bits per heavy atom. The van der Waals surface area contributed by atoms with Gasteiger partial charge in [0.2, 0.25) is 0 Å². The molecule has 0 atom stereocenters. The molecule has 0 saturated heterocycles. The van der Waals surface area contributed by atoms with Gasteiger partial charge in [0.15, 0.2) is 5.82 Å². The van der Waals surface area contributed by atoms with Gasteiger partial charge in [-0.2, -0.15) is 9.50 Å². The van der Waals surface area contributed by atoms with Crippen molar-refractivity contribution in [3.8, 4) is 11.4 Å². The highest BCUT2D eigenvalue weighted by Crippen LogP contribution is 2.18. The minimum absolute atomic E-state index is 0.176. The number of nitrogens with one attached hydrogen (secondary N) is 1. The van der Waals surface area contributed by atoms with E-state index in [1.165, 1.54) is 10.6 Å². The first kappa shape index (κ1) is 11.0. The molecular weight excluding hydrogens is 252 g/mol. The molecule has 2 heterocycles. The molecular formula is C12H9ClN4O. The molecule has 1 aromatic carbocycles. The summed E-state index contributed by atoms with van der Waals surface area (Å²) in [4.78, 5) is 20.2. The molecule has 0 aliphatic rings. The molecule has 1 N–H and O–H groups in total. The van der Waals surface area contributed by atoms with Crippen LogP contribution >= 0.6 is 11.6 Å². The van der Waals surface area contributed by atoms with Crippen molar-refractivity contribution < 1.29 is 0 Å². The number of hydrogen-bond acceptors (Lipinski definition) is 3. The van der Waals surface area contributed by atoms with Crippen LogP contribution in [0.1, 0.15) is 5.69 Å². The Labute approximate surface area is 107 Å². The Morgan fingerprint density at radius 1 is 1.22 bits per heavy atom. The summed E-state index contributed by atoms with van der Waals surface area (Å²) in [6.07, 6.45) is 0. The number of benzene rings is 1. The summed E-state index contributed by atoms with van der Waals surface area (Å²) in [6, 6.07) is 8.66. The fraction of sp³-hybridized carbons (Fsp3) is 0.0833. The predicted molar refractivity (Wildman–Crippen MR) is 68.8 cm³/mol. The lowest BCUT2D eigenvalue weighted by atomic mass is 10.2. The average Bonchev–Trinajstić information content (AvgIpc) is 2.74. The number of nitrogens with zero attached hydrogens (tertiary/aromatic N) is 3. The van der Waals surface area contributed by atoms with Crippen LogP contribution in [0.25, 0.3) is 17.2 Å². The lowest BCUT2D eigenvalue weighted by molar-refractivity contribution is 0.892. The van der Waals surface area contributed by atoms with Crippen LogP contribution in [0, 0.1) is 6.92 Å². The van der Waals surface area contributed by atoms with E-state index >= 15 is 0 Å². The van der Waals surface area contributed by atoms with Gasteiger partial charge >= 0.3 is 0 Å². The highest BCUT2D eigenvalue weighted by atomic mass is 35.5. The molecule has 5 nitrogen and oxygen atoms in total. The van der Waals surface area contributed by atoms with Gasteiger partial charge in [-0.15, -0.1) is 0 Å². The molecule has 3 aromatic rings. The molecule has 3 rings (SSSR count). The average molecular weight is 261 g/mol. The second-order valence-electron chi connectivity index (χ2n) is 3.95. The first-order valence-corrected chi connectivity index (χ1v) is 5.74.